The average molecular weight is 267 g/mol. The number of hydrogen-bond acceptors (Lipinski definition) is 3. The smallest absolute Gasteiger partial charge is 0.419 e. The summed E-state index contributed by atoms with van der Waals surface area (Å²) < 4.78 is 55.3. The number of alkyl halides is 3. The van der Waals surface area contributed by atoms with Crippen molar-refractivity contribution in [2.24, 2.45) is 0 Å². The lowest BCUT2D eigenvalue weighted by Gasteiger charge is -2.13. The Morgan fingerprint density at radius 1 is 1.33 bits per heavy atom. The van der Waals surface area contributed by atoms with Crippen molar-refractivity contribution in [1.82, 2.24) is 0 Å². The number of hydrogen-bond donors (Lipinski definition) is 0. The van der Waals surface area contributed by atoms with Gasteiger partial charge in [-0.25, -0.2) is 4.39 Å². The van der Waals surface area contributed by atoms with Crippen molar-refractivity contribution in [2.45, 2.75) is 26.1 Å². The van der Waals surface area contributed by atoms with Crippen LogP contribution in [-0.2, 0) is 6.18 Å². The molecule has 0 aliphatic heterocycles. The van der Waals surface area contributed by atoms with Gasteiger partial charge in [-0.15, -0.1) is 0 Å². The van der Waals surface area contributed by atoms with Crippen molar-refractivity contribution < 1.29 is 27.2 Å². The zero-order valence-electron chi connectivity index (χ0n) is 9.42. The molecule has 0 aliphatic carbocycles. The number of benzene rings is 1. The van der Waals surface area contributed by atoms with E-state index in [2.05, 4.69) is 0 Å². The number of ether oxygens (including phenoxy) is 1. The lowest BCUT2D eigenvalue weighted by molar-refractivity contribution is -0.386. The molecule has 1 aromatic carbocycles. The monoisotopic (exact) mass is 267 g/mol. The highest BCUT2D eigenvalue weighted by Crippen LogP contribution is 2.38. The average Bonchev–Trinajstić information content (AvgIpc) is 2.13. The van der Waals surface area contributed by atoms with E-state index < -0.39 is 40.0 Å². The Bertz CT molecular complexity index is 471. The molecule has 1 rings (SSSR count). The van der Waals surface area contributed by atoms with Crippen molar-refractivity contribution in [3.8, 4) is 5.75 Å². The summed E-state index contributed by atoms with van der Waals surface area (Å²) in [6.07, 6.45) is -5.52. The van der Waals surface area contributed by atoms with E-state index in [1.807, 2.05) is 0 Å². The number of nitrogens with zero attached hydrogens (tertiary/aromatic N) is 1. The molecular formula is C10H9F4NO3. The molecule has 0 saturated heterocycles. The van der Waals surface area contributed by atoms with Crippen LogP contribution in [-0.4, -0.2) is 11.0 Å². The number of nitro groups is 1. The van der Waals surface area contributed by atoms with Gasteiger partial charge in [0.2, 0.25) is 0 Å². The van der Waals surface area contributed by atoms with Crippen LogP contribution < -0.4 is 4.74 Å². The summed E-state index contributed by atoms with van der Waals surface area (Å²) in [7, 11) is 0. The molecule has 0 amide bonds. The maximum Gasteiger partial charge on any atom is 0.419 e. The van der Waals surface area contributed by atoms with Crippen LogP contribution in [0, 0.1) is 15.9 Å². The van der Waals surface area contributed by atoms with E-state index in [-0.39, 0.29) is 6.07 Å². The number of nitro benzene ring substituents is 1. The van der Waals surface area contributed by atoms with Crippen molar-refractivity contribution >= 4 is 5.69 Å². The number of rotatable bonds is 3. The second-order valence-electron chi connectivity index (χ2n) is 3.72. The van der Waals surface area contributed by atoms with Crippen LogP contribution in [0.5, 0.6) is 5.75 Å². The molecule has 8 heteroatoms. The predicted molar refractivity (Wildman–Crippen MR) is 53.8 cm³/mol. The fraction of sp³-hybridized carbons (Fsp3) is 0.400. The lowest BCUT2D eigenvalue weighted by atomic mass is 10.1. The normalized spacial score (nSPS) is 11.7. The van der Waals surface area contributed by atoms with Crippen molar-refractivity contribution in [2.75, 3.05) is 0 Å². The van der Waals surface area contributed by atoms with Crippen LogP contribution in [0.25, 0.3) is 0 Å². The highest BCUT2D eigenvalue weighted by atomic mass is 19.4. The first-order valence-electron chi connectivity index (χ1n) is 4.84. The molecule has 0 saturated carbocycles. The van der Waals surface area contributed by atoms with E-state index in [9.17, 15) is 27.7 Å². The summed E-state index contributed by atoms with van der Waals surface area (Å²) >= 11 is 0. The fourth-order valence-electron chi connectivity index (χ4n) is 1.25. The molecule has 100 valence electrons. The molecule has 0 radical (unpaired) electrons. The van der Waals surface area contributed by atoms with Gasteiger partial charge >= 0.3 is 11.9 Å². The topological polar surface area (TPSA) is 52.4 Å². The van der Waals surface area contributed by atoms with Gasteiger partial charge < -0.3 is 4.74 Å². The summed E-state index contributed by atoms with van der Waals surface area (Å²) in [6.45, 7) is 3.03. The Kier molecular flexibility index (Phi) is 3.78. The summed E-state index contributed by atoms with van der Waals surface area (Å²) in [5.41, 5.74) is -2.61. The second kappa shape index (κ2) is 4.79. The highest BCUT2D eigenvalue weighted by Gasteiger charge is 2.37. The highest BCUT2D eigenvalue weighted by molar-refractivity contribution is 5.50. The third-order valence-electron chi connectivity index (χ3n) is 1.91. The minimum atomic E-state index is -4.99. The van der Waals surface area contributed by atoms with Crippen molar-refractivity contribution in [1.29, 1.82) is 0 Å². The van der Waals surface area contributed by atoms with E-state index in [0.717, 1.165) is 0 Å². The predicted octanol–water partition coefficient (Wildman–Crippen LogP) is 3.54. The summed E-state index contributed by atoms with van der Waals surface area (Å²) in [5.74, 6) is -2.13. The van der Waals surface area contributed by atoms with Gasteiger partial charge in [0.05, 0.1) is 16.6 Å². The molecule has 0 aliphatic rings. The Morgan fingerprint density at radius 3 is 2.28 bits per heavy atom. The van der Waals surface area contributed by atoms with E-state index in [0.29, 0.717) is 6.07 Å². The molecule has 0 heterocycles. The van der Waals surface area contributed by atoms with Crippen LogP contribution in [0.3, 0.4) is 0 Å². The van der Waals surface area contributed by atoms with Gasteiger partial charge in [-0.2, -0.15) is 13.2 Å². The SMILES string of the molecule is CC(C)Oc1cc(F)c(C(F)(F)F)cc1[N+](=O)[O-]. The molecule has 0 bridgehead atoms. The van der Waals surface area contributed by atoms with E-state index in [4.69, 9.17) is 4.74 Å². The van der Waals surface area contributed by atoms with Crippen LogP contribution in [0.15, 0.2) is 12.1 Å². The van der Waals surface area contributed by atoms with Gasteiger partial charge in [-0.3, -0.25) is 10.1 Å². The van der Waals surface area contributed by atoms with Gasteiger partial charge in [-0.05, 0) is 13.8 Å². The first-order chi connectivity index (χ1) is 8.12. The minimum Gasteiger partial charge on any atom is -0.484 e. The van der Waals surface area contributed by atoms with Gasteiger partial charge in [0.1, 0.15) is 5.82 Å². The molecule has 1 aromatic rings. The number of halogens is 4. The molecule has 0 fully saturated rings. The Hall–Kier alpha value is -1.86. The maximum absolute atomic E-state index is 13.2. The third kappa shape index (κ3) is 3.08. The maximum atomic E-state index is 13.2. The quantitative estimate of drug-likeness (QED) is 0.478. The van der Waals surface area contributed by atoms with Crippen LogP contribution in [0.4, 0.5) is 23.2 Å². The second-order valence-corrected chi connectivity index (χ2v) is 3.72. The summed E-state index contributed by atoms with van der Waals surface area (Å²) in [6, 6.07) is 0.508. The summed E-state index contributed by atoms with van der Waals surface area (Å²) in [5, 5.41) is 10.6. The summed E-state index contributed by atoms with van der Waals surface area (Å²) in [4.78, 5) is 9.58. The standard InChI is InChI=1S/C10H9F4NO3/c1-5(2)18-9-4-7(11)6(10(12,13)14)3-8(9)15(16)17/h3-5H,1-2H3. The van der Waals surface area contributed by atoms with Crippen molar-refractivity contribution in [3.05, 3.63) is 33.6 Å². The fourth-order valence-corrected chi connectivity index (χ4v) is 1.25. The first-order valence-corrected chi connectivity index (χ1v) is 4.84. The van der Waals surface area contributed by atoms with Gasteiger partial charge in [0.25, 0.3) is 0 Å². The zero-order chi connectivity index (χ0) is 14.1. The van der Waals surface area contributed by atoms with Crippen LogP contribution >= 0.6 is 0 Å². The van der Waals surface area contributed by atoms with E-state index in [1.165, 1.54) is 13.8 Å². The van der Waals surface area contributed by atoms with Gasteiger partial charge in [0, 0.05) is 12.1 Å². The molecular weight excluding hydrogens is 258 g/mol. The molecule has 0 N–H and O–H groups in total. The molecule has 4 nitrogen and oxygen atoms in total. The Labute approximate surface area is 99.3 Å². The van der Waals surface area contributed by atoms with E-state index >= 15 is 0 Å². The van der Waals surface area contributed by atoms with Crippen molar-refractivity contribution in [3.63, 3.8) is 0 Å². The lowest BCUT2D eigenvalue weighted by Crippen LogP contribution is -2.12. The van der Waals surface area contributed by atoms with Gasteiger partial charge in [0.15, 0.2) is 5.75 Å². The van der Waals surface area contributed by atoms with Gasteiger partial charge in [-0.1, -0.05) is 0 Å². The Balaban J connectivity index is 3.39. The van der Waals surface area contributed by atoms with Crippen LogP contribution in [0.1, 0.15) is 19.4 Å². The third-order valence-corrected chi connectivity index (χ3v) is 1.91. The molecule has 0 aromatic heterocycles. The van der Waals surface area contributed by atoms with E-state index in [1.54, 1.807) is 0 Å². The molecule has 0 atom stereocenters. The minimum absolute atomic E-state index is 0.132. The first kappa shape index (κ1) is 14.2. The largest absolute Gasteiger partial charge is 0.484 e. The molecule has 0 spiro atoms. The zero-order valence-corrected chi connectivity index (χ0v) is 9.42. The Morgan fingerprint density at radius 2 is 1.89 bits per heavy atom. The molecule has 0 unspecified atom stereocenters. The molecule has 18 heavy (non-hydrogen) atoms. The van der Waals surface area contributed by atoms with Crippen LogP contribution in [0.2, 0.25) is 0 Å².